The summed E-state index contributed by atoms with van der Waals surface area (Å²) in [5, 5.41) is 10.5. The van der Waals surface area contributed by atoms with Gasteiger partial charge in [0.15, 0.2) is 0 Å². The summed E-state index contributed by atoms with van der Waals surface area (Å²) in [5.74, 6) is 0. The molecule has 0 spiro atoms. The van der Waals surface area contributed by atoms with Crippen LogP contribution in [0.5, 0.6) is 0 Å². The molecule has 0 fully saturated rings. The van der Waals surface area contributed by atoms with Crippen LogP contribution in [0.15, 0.2) is 53.1 Å². The molecule has 2 heterocycles. The largest absolute Gasteiger partial charge is 0.388 e. The molecule has 0 atom stereocenters. The van der Waals surface area contributed by atoms with E-state index in [0.29, 0.717) is 0 Å². The Kier molecular flexibility index (Phi) is 3.52. The average Bonchev–Trinajstić information content (AvgIpc) is 2.97. The summed E-state index contributed by atoms with van der Waals surface area (Å²) in [6, 6.07) is 15.9. The number of aromatic nitrogens is 3. The van der Waals surface area contributed by atoms with Crippen LogP contribution in [0, 0.1) is 0 Å². The first-order valence-electron chi connectivity index (χ1n) is 6.23. The minimum absolute atomic E-state index is 0.810. The van der Waals surface area contributed by atoms with Crippen LogP contribution in [0.2, 0.25) is 0 Å². The van der Waals surface area contributed by atoms with Gasteiger partial charge in [0.05, 0.1) is 17.1 Å². The van der Waals surface area contributed by atoms with Crippen molar-refractivity contribution >= 4 is 21.6 Å². The van der Waals surface area contributed by atoms with Crippen molar-refractivity contribution in [1.82, 2.24) is 15.2 Å². The van der Waals surface area contributed by atoms with Crippen molar-refractivity contribution in [2.24, 2.45) is 0 Å². The zero-order valence-electron chi connectivity index (χ0n) is 10.9. The number of anilines is 1. The van der Waals surface area contributed by atoms with Gasteiger partial charge in [0, 0.05) is 18.3 Å². The molecule has 0 unspecified atom stereocenters. The normalized spacial score (nSPS) is 10.5. The second-order valence-electron chi connectivity index (χ2n) is 4.34. The fourth-order valence-corrected chi connectivity index (χ4v) is 2.31. The van der Waals surface area contributed by atoms with Crippen LogP contribution < -0.4 is 5.32 Å². The number of halogens is 1. The Morgan fingerprint density at radius 2 is 1.85 bits per heavy atom. The molecule has 0 bridgehead atoms. The highest BCUT2D eigenvalue weighted by molar-refractivity contribution is 9.10. The van der Waals surface area contributed by atoms with Gasteiger partial charge in [-0.15, -0.1) is 0 Å². The van der Waals surface area contributed by atoms with Crippen LogP contribution >= 0.6 is 15.9 Å². The number of aromatic amines is 1. The molecule has 2 aromatic heterocycles. The minimum atomic E-state index is 0.810. The number of pyridine rings is 1. The van der Waals surface area contributed by atoms with E-state index in [4.69, 9.17) is 0 Å². The van der Waals surface area contributed by atoms with E-state index in [1.807, 2.05) is 55.6 Å². The van der Waals surface area contributed by atoms with Gasteiger partial charge in [-0.3, -0.25) is 5.10 Å². The lowest BCUT2D eigenvalue weighted by Crippen LogP contribution is -1.86. The summed E-state index contributed by atoms with van der Waals surface area (Å²) in [6.45, 7) is 0. The first kappa shape index (κ1) is 12.9. The zero-order valence-corrected chi connectivity index (χ0v) is 12.5. The van der Waals surface area contributed by atoms with Gasteiger partial charge in [-0.2, -0.15) is 5.10 Å². The smallest absolute Gasteiger partial charge is 0.106 e. The quantitative estimate of drug-likeness (QED) is 0.716. The SMILES string of the molecule is CNc1ccc(-c2cc(-c3cccc(Br)n3)[nH]n2)cc1. The third-order valence-corrected chi connectivity index (χ3v) is 3.48. The van der Waals surface area contributed by atoms with Crippen LogP contribution in [0.4, 0.5) is 5.69 Å². The molecular formula is C15H13BrN4. The molecule has 0 aliphatic rings. The lowest BCUT2D eigenvalue weighted by atomic mass is 10.1. The Labute approximate surface area is 125 Å². The lowest BCUT2D eigenvalue weighted by Gasteiger charge is -2.00. The predicted molar refractivity (Wildman–Crippen MR) is 84.5 cm³/mol. The second kappa shape index (κ2) is 5.46. The second-order valence-corrected chi connectivity index (χ2v) is 5.15. The maximum atomic E-state index is 4.41. The predicted octanol–water partition coefficient (Wildman–Crippen LogP) is 3.94. The highest BCUT2D eigenvalue weighted by atomic mass is 79.9. The van der Waals surface area contributed by atoms with E-state index in [9.17, 15) is 0 Å². The monoisotopic (exact) mass is 328 g/mol. The van der Waals surface area contributed by atoms with Gasteiger partial charge in [0.2, 0.25) is 0 Å². The van der Waals surface area contributed by atoms with E-state index >= 15 is 0 Å². The Morgan fingerprint density at radius 3 is 2.55 bits per heavy atom. The Hall–Kier alpha value is -2.14. The number of hydrogen-bond acceptors (Lipinski definition) is 3. The summed E-state index contributed by atoms with van der Waals surface area (Å²) in [4.78, 5) is 4.41. The van der Waals surface area contributed by atoms with Crippen molar-refractivity contribution < 1.29 is 0 Å². The molecule has 20 heavy (non-hydrogen) atoms. The number of nitrogens with zero attached hydrogens (tertiary/aromatic N) is 2. The third kappa shape index (κ3) is 2.58. The van der Waals surface area contributed by atoms with E-state index in [0.717, 1.165) is 32.9 Å². The molecule has 2 N–H and O–H groups in total. The molecule has 0 amide bonds. The lowest BCUT2D eigenvalue weighted by molar-refractivity contribution is 1.09. The molecule has 0 aliphatic carbocycles. The van der Waals surface area contributed by atoms with Crippen molar-refractivity contribution in [3.63, 3.8) is 0 Å². The van der Waals surface area contributed by atoms with Gasteiger partial charge >= 0.3 is 0 Å². The summed E-state index contributed by atoms with van der Waals surface area (Å²) >= 11 is 3.37. The van der Waals surface area contributed by atoms with Crippen LogP contribution in [-0.2, 0) is 0 Å². The van der Waals surface area contributed by atoms with Gasteiger partial charge in [0.1, 0.15) is 4.60 Å². The Bertz CT molecular complexity index is 719. The topological polar surface area (TPSA) is 53.6 Å². The fourth-order valence-electron chi connectivity index (χ4n) is 1.97. The van der Waals surface area contributed by atoms with E-state index in [-0.39, 0.29) is 0 Å². The molecule has 0 saturated carbocycles. The maximum absolute atomic E-state index is 4.41. The van der Waals surface area contributed by atoms with Crippen LogP contribution in [0.25, 0.3) is 22.6 Å². The minimum Gasteiger partial charge on any atom is -0.388 e. The van der Waals surface area contributed by atoms with Crippen molar-refractivity contribution in [1.29, 1.82) is 0 Å². The molecule has 3 aromatic rings. The van der Waals surface area contributed by atoms with E-state index in [2.05, 4.69) is 36.4 Å². The molecule has 0 saturated heterocycles. The Morgan fingerprint density at radius 1 is 1.05 bits per heavy atom. The standard InChI is InChI=1S/C15H13BrN4/c1-17-11-7-5-10(6-8-11)13-9-14(20-19-13)12-3-2-4-15(16)18-12/h2-9,17H,1H3,(H,19,20). The highest BCUT2D eigenvalue weighted by Gasteiger charge is 2.07. The van der Waals surface area contributed by atoms with E-state index < -0.39 is 0 Å². The first-order valence-corrected chi connectivity index (χ1v) is 7.02. The van der Waals surface area contributed by atoms with Crippen LogP contribution in [-0.4, -0.2) is 22.2 Å². The van der Waals surface area contributed by atoms with Crippen LogP contribution in [0.1, 0.15) is 0 Å². The van der Waals surface area contributed by atoms with Gasteiger partial charge in [0.25, 0.3) is 0 Å². The number of benzene rings is 1. The third-order valence-electron chi connectivity index (χ3n) is 3.04. The van der Waals surface area contributed by atoms with Gasteiger partial charge in [-0.1, -0.05) is 18.2 Å². The molecule has 100 valence electrons. The number of rotatable bonds is 3. The molecule has 1 aromatic carbocycles. The number of nitrogens with one attached hydrogen (secondary N) is 2. The molecular weight excluding hydrogens is 316 g/mol. The van der Waals surface area contributed by atoms with Gasteiger partial charge < -0.3 is 5.32 Å². The number of hydrogen-bond donors (Lipinski definition) is 2. The molecule has 3 rings (SSSR count). The first-order chi connectivity index (χ1) is 9.76. The highest BCUT2D eigenvalue weighted by Crippen LogP contribution is 2.24. The van der Waals surface area contributed by atoms with Crippen molar-refractivity contribution in [3.8, 4) is 22.6 Å². The van der Waals surface area contributed by atoms with E-state index in [1.165, 1.54) is 0 Å². The fraction of sp³-hybridized carbons (Fsp3) is 0.0667. The van der Waals surface area contributed by atoms with Crippen LogP contribution in [0.3, 0.4) is 0 Å². The van der Waals surface area contributed by atoms with Gasteiger partial charge in [-0.25, -0.2) is 4.98 Å². The van der Waals surface area contributed by atoms with Crippen molar-refractivity contribution in [3.05, 3.63) is 53.1 Å². The number of H-pyrrole nitrogens is 1. The van der Waals surface area contributed by atoms with Crippen molar-refractivity contribution in [2.45, 2.75) is 0 Å². The van der Waals surface area contributed by atoms with E-state index in [1.54, 1.807) is 0 Å². The Balaban J connectivity index is 1.93. The molecule has 0 radical (unpaired) electrons. The molecule has 4 nitrogen and oxygen atoms in total. The van der Waals surface area contributed by atoms with Gasteiger partial charge in [-0.05, 0) is 46.3 Å². The summed E-state index contributed by atoms with van der Waals surface area (Å²) in [5.41, 5.74) is 4.83. The molecule has 0 aliphatic heterocycles. The van der Waals surface area contributed by atoms with Crippen molar-refractivity contribution in [2.75, 3.05) is 12.4 Å². The average molecular weight is 329 g/mol. The zero-order chi connectivity index (χ0) is 13.9. The maximum Gasteiger partial charge on any atom is 0.106 e. The summed E-state index contributed by atoms with van der Waals surface area (Å²) in [7, 11) is 1.90. The summed E-state index contributed by atoms with van der Waals surface area (Å²) < 4.78 is 0.810. The summed E-state index contributed by atoms with van der Waals surface area (Å²) in [6.07, 6.45) is 0. The molecule has 5 heteroatoms.